The molecule has 0 aromatic rings. The fourth-order valence-corrected chi connectivity index (χ4v) is 4.85. The van der Waals surface area contributed by atoms with Crippen LogP contribution in [0.2, 0.25) is 0 Å². The molecule has 42 heavy (non-hydrogen) atoms. The number of carbonyl (C=O) groups is 1. The first-order valence-corrected chi connectivity index (χ1v) is 17.5. The van der Waals surface area contributed by atoms with E-state index >= 15 is 0 Å². The van der Waals surface area contributed by atoms with E-state index in [1.54, 1.807) is 0 Å². The first-order chi connectivity index (χ1) is 20.7. The molecule has 0 saturated heterocycles. The molecule has 0 aliphatic heterocycles. The van der Waals surface area contributed by atoms with Gasteiger partial charge in [-0.1, -0.05) is 152 Å². The van der Waals surface area contributed by atoms with Gasteiger partial charge in [0.2, 0.25) is 5.91 Å². The van der Waals surface area contributed by atoms with Crippen LogP contribution in [0.15, 0.2) is 60.8 Å². The SMILES string of the molecule is CC/C=C\C/C=C\C/C=C\C/C=C\C/C=C\CCCCCC(=O)NC(CO)C(O)CCCCCCCCCCCCC. The Morgan fingerprint density at radius 1 is 0.595 bits per heavy atom. The number of unbranched alkanes of at least 4 members (excludes halogenated alkanes) is 13. The molecule has 2 atom stereocenters. The number of hydrogen-bond donors (Lipinski definition) is 3. The highest BCUT2D eigenvalue weighted by Crippen LogP contribution is 2.14. The summed E-state index contributed by atoms with van der Waals surface area (Å²) in [6.07, 6.45) is 45.5. The summed E-state index contributed by atoms with van der Waals surface area (Å²) >= 11 is 0. The molecule has 0 saturated carbocycles. The number of carbonyl (C=O) groups excluding carboxylic acids is 1. The molecule has 0 aromatic carbocycles. The van der Waals surface area contributed by atoms with E-state index in [1.807, 2.05) is 0 Å². The maximum Gasteiger partial charge on any atom is 0.220 e. The predicted octanol–water partition coefficient (Wildman–Crippen LogP) is 10.2. The quantitative estimate of drug-likeness (QED) is 0.0580. The summed E-state index contributed by atoms with van der Waals surface area (Å²) in [5, 5.41) is 22.9. The average molecular weight is 586 g/mol. The van der Waals surface area contributed by atoms with Gasteiger partial charge < -0.3 is 15.5 Å². The summed E-state index contributed by atoms with van der Waals surface area (Å²) in [6.45, 7) is 4.20. The average Bonchev–Trinajstić information content (AvgIpc) is 2.99. The van der Waals surface area contributed by atoms with E-state index in [1.165, 1.54) is 57.8 Å². The molecule has 0 aliphatic rings. The van der Waals surface area contributed by atoms with Gasteiger partial charge in [-0.15, -0.1) is 0 Å². The van der Waals surface area contributed by atoms with Crippen LogP contribution >= 0.6 is 0 Å². The predicted molar refractivity (Wildman–Crippen MR) is 184 cm³/mol. The minimum Gasteiger partial charge on any atom is -0.394 e. The second kappa shape index (κ2) is 33.6. The maximum atomic E-state index is 12.3. The first-order valence-electron chi connectivity index (χ1n) is 17.5. The van der Waals surface area contributed by atoms with Gasteiger partial charge >= 0.3 is 0 Å². The van der Waals surface area contributed by atoms with Gasteiger partial charge in [-0.05, 0) is 57.8 Å². The molecule has 0 aromatic heterocycles. The van der Waals surface area contributed by atoms with Crippen LogP contribution in [-0.2, 0) is 4.79 Å². The maximum absolute atomic E-state index is 12.3. The van der Waals surface area contributed by atoms with Gasteiger partial charge in [0.15, 0.2) is 0 Å². The van der Waals surface area contributed by atoms with Gasteiger partial charge in [0.25, 0.3) is 0 Å². The lowest BCUT2D eigenvalue weighted by Crippen LogP contribution is -2.45. The van der Waals surface area contributed by atoms with Gasteiger partial charge in [-0.3, -0.25) is 4.79 Å². The van der Waals surface area contributed by atoms with Crippen molar-refractivity contribution in [3.63, 3.8) is 0 Å². The highest BCUT2D eigenvalue weighted by Gasteiger charge is 2.19. The van der Waals surface area contributed by atoms with Crippen LogP contribution in [0.3, 0.4) is 0 Å². The van der Waals surface area contributed by atoms with E-state index in [-0.39, 0.29) is 12.5 Å². The zero-order valence-corrected chi connectivity index (χ0v) is 27.5. The van der Waals surface area contributed by atoms with E-state index < -0.39 is 12.1 Å². The number of aliphatic hydroxyl groups excluding tert-OH is 2. The van der Waals surface area contributed by atoms with Crippen LogP contribution in [-0.4, -0.2) is 34.9 Å². The van der Waals surface area contributed by atoms with Crippen molar-refractivity contribution in [1.82, 2.24) is 5.32 Å². The Morgan fingerprint density at radius 2 is 1.05 bits per heavy atom. The Morgan fingerprint density at radius 3 is 1.55 bits per heavy atom. The molecular weight excluding hydrogens is 518 g/mol. The number of amides is 1. The van der Waals surface area contributed by atoms with Crippen LogP contribution in [0.25, 0.3) is 0 Å². The highest BCUT2D eigenvalue weighted by atomic mass is 16.3. The van der Waals surface area contributed by atoms with E-state index in [0.717, 1.165) is 70.6 Å². The van der Waals surface area contributed by atoms with Crippen molar-refractivity contribution in [3.05, 3.63) is 60.8 Å². The molecule has 4 nitrogen and oxygen atoms in total. The zero-order chi connectivity index (χ0) is 30.8. The van der Waals surface area contributed by atoms with E-state index in [0.29, 0.717) is 12.8 Å². The first kappa shape index (κ1) is 40.1. The minimum atomic E-state index is -0.673. The van der Waals surface area contributed by atoms with Crippen molar-refractivity contribution < 1.29 is 15.0 Å². The van der Waals surface area contributed by atoms with Gasteiger partial charge in [0, 0.05) is 6.42 Å². The van der Waals surface area contributed by atoms with E-state index in [4.69, 9.17) is 0 Å². The Bertz CT molecular complexity index is 722. The number of nitrogens with one attached hydrogen (secondary N) is 1. The third-order valence-electron chi connectivity index (χ3n) is 7.54. The standard InChI is InChI=1S/C38H67NO3/c1-3-5-7-9-11-13-15-16-17-18-19-20-21-22-24-26-28-30-32-34-38(42)39-36(35-40)37(41)33-31-29-27-25-23-14-12-10-8-6-4-2/h5,7,11,13,16-17,19-20,22,24,36-37,40-41H,3-4,6,8-10,12,14-15,18,21,23,25-35H2,1-2H3,(H,39,42)/b7-5-,13-11-,17-16-,20-19-,24-22-. The van der Waals surface area contributed by atoms with Crippen molar-refractivity contribution in [2.45, 2.75) is 167 Å². The summed E-state index contributed by atoms with van der Waals surface area (Å²) in [6, 6.07) is -0.554. The van der Waals surface area contributed by atoms with Gasteiger partial charge in [-0.2, -0.15) is 0 Å². The monoisotopic (exact) mass is 586 g/mol. The van der Waals surface area contributed by atoms with E-state index in [9.17, 15) is 15.0 Å². The molecule has 1 amide bonds. The molecule has 0 rings (SSSR count). The molecule has 4 heteroatoms. The van der Waals surface area contributed by atoms with Crippen LogP contribution in [0, 0.1) is 0 Å². The Labute approximate surface area is 260 Å². The molecule has 0 fully saturated rings. The summed E-state index contributed by atoms with van der Waals surface area (Å²) in [7, 11) is 0. The van der Waals surface area contributed by atoms with Gasteiger partial charge in [-0.25, -0.2) is 0 Å². The van der Waals surface area contributed by atoms with Crippen molar-refractivity contribution in [1.29, 1.82) is 0 Å². The number of hydrogen-bond acceptors (Lipinski definition) is 3. The van der Waals surface area contributed by atoms with E-state index in [2.05, 4.69) is 79.9 Å². The largest absolute Gasteiger partial charge is 0.394 e. The summed E-state index contributed by atoms with van der Waals surface area (Å²) < 4.78 is 0. The second-order valence-electron chi connectivity index (χ2n) is 11.6. The lowest BCUT2D eigenvalue weighted by atomic mass is 10.0. The summed E-state index contributed by atoms with van der Waals surface area (Å²) in [5.41, 5.74) is 0. The molecule has 0 aliphatic carbocycles. The third-order valence-corrected chi connectivity index (χ3v) is 7.54. The smallest absolute Gasteiger partial charge is 0.220 e. The molecule has 3 N–H and O–H groups in total. The fraction of sp³-hybridized carbons (Fsp3) is 0.711. The Balaban J connectivity index is 3.71. The summed E-state index contributed by atoms with van der Waals surface area (Å²) in [5.74, 6) is -0.0677. The molecule has 2 unspecified atom stereocenters. The molecular formula is C38H67NO3. The Hall–Kier alpha value is -1.91. The van der Waals surface area contributed by atoms with Crippen molar-refractivity contribution in [3.8, 4) is 0 Å². The molecule has 0 bridgehead atoms. The van der Waals surface area contributed by atoms with Crippen LogP contribution < -0.4 is 5.32 Å². The van der Waals surface area contributed by atoms with Crippen LogP contribution in [0.5, 0.6) is 0 Å². The summed E-state index contributed by atoms with van der Waals surface area (Å²) in [4.78, 5) is 12.3. The number of aliphatic hydroxyl groups is 2. The molecule has 0 heterocycles. The number of rotatable bonds is 30. The molecule has 0 radical (unpaired) electrons. The van der Waals surface area contributed by atoms with Crippen LogP contribution in [0.1, 0.15) is 155 Å². The van der Waals surface area contributed by atoms with Crippen molar-refractivity contribution >= 4 is 5.91 Å². The van der Waals surface area contributed by atoms with Gasteiger partial charge in [0.1, 0.15) is 0 Å². The second-order valence-corrected chi connectivity index (χ2v) is 11.6. The lowest BCUT2D eigenvalue weighted by Gasteiger charge is -2.22. The minimum absolute atomic E-state index is 0.0677. The normalized spacial score (nSPS) is 13.9. The van der Waals surface area contributed by atoms with Crippen molar-refractivity contribution in [2.75, 3.05) is 6.61 Å². The van der Waals surface area contributed by atoms with Gasteiger partial charge in [0.05, 0.1) is 18.8 Å². The third kappa shape index (κ3) is 29.6. The molecule has 242 valence electrons. The zero-order valence-electron chi connectivity index (χ0n) is 27.5. The number of allylic oxidation sites excluding steroid dienone is 10. The molecule has 0 spiro atoms. The fourth-order valence-electron chi connectivity index (χ4n) is 4.85. The topological polar surface area (TPSA) is 69.6 Å². The van der Waals surface area contributed by atoms with Crippen LogP contribution in [0.4, 0.5) is 0 Å². The van der Waals surface area contributed by atoms with Crippen molar-refractivity contribution in [2.24, 2.45) is 0 Å². The lowest BCUT2D eigenvalue weighted by molar-refractivity contribution is -0.123. The Kier molecular flexibility index (Phi) is 32.1. The highest BCUT2D eigenvalue weighted by molar-refractivity contribution is 5.76.